The lowest BCUT2D eigenvalue weighted by molar-refractivity contribution is 1.67. The SMILES string of the molecule is c1ccc(-c2c3ccccc3c(-c3c4sc5cc6ccccc6cc5c4cc4sc5ccccc5c34)c3ccccc23)cc1. The summed E-state index contributed by atoms with van der Waals surface area (Å²) < 4.78 is 5.40. The first kappa shape index (κ1) is 24.4. The summed E-state index contributed by atoms with van der Waals surface area (Å²) in [5.41, 5.74) is 5.27. The minimum atomic E-state index is 1.25. The van der Waals surface area contributed by atoms with E-state index in [1.807, 2.05) is 22.7 Å². The fourth-order valence-corrected chi connectivity index (χ4v) is 9.78. The van der Waals surface area contributed by atoms with Gasteiger partial charge < -0.3 is 0 Å². The minimum absolute atomic E-state index is 1.25. The van der Waals surface area contributed by atoms with E-state index >= 15 is 0 Å². The minimum Gasteiger partial charge on any atom is -0.135 e. The Morgan fingerprint density at radius 3 is 1.59 bits per heavy atom. The molecule has 2 aromatic heterocycles. The number of benzene rings is 8. The molecule has 0 nitrogen and oxygen atoms in total. The smallest absolute Gasteiger partial charge is 0.0441 e. The normalized spacial score (nSPS) is 12.1. The zero-order chi connectivity index (χ0) is 28.8. The fraction of sp³-hybridized carbons (Fsp3) is 0. The van der Waals surface area contributed by atoms with Crippen LogP contribution < -0.4 is 0 Å². The monoisotopic (exact) mass is 592 g/mol. The summed E-state index contributed by atoms with van der Waals surface area (Å²) in [7, 11) is 0. The Morgan fingerprint density at radius 1 is 0.318 bits per heavy atom. The van der Waals surface area contributed by atoms with Crippen molar-refractivity contribution in [1.29, 1.82) is 0 Å². The maximum atomic E-state index is 2.47. The molecule has 0 aliphatic rings. The Kier molecular flexibility index (Phi) is 5.13. The first-order chi connectivity index (χ1) is 21.8. The van der Waals surface area contributed by atoms with Gasteiger partial charge in [0.05, 0.1) is 0 Å². The predicted molar refractivity (Wildman–Crippen MR) is 196 cm³/mol. The average Bonchev–Trinajstić information content (AvgIpc) is 3.63. The number of fused-ring (bicyclic) bond motifs is 9. The van der Waals surface area contributed by atoms with E-state index in [1.165, 1.54) is 94.9 Å². The Morgan fingerprint density at radius 2 is 0.886 bits per heavy atom. The van der Waals surface area contributed by atoms with Crippen molar-refractivity contribution in [3.63, 3.8) is 0 Å². The summed E-state index contributed by atoms with van der Waals surface area (Å²) in [5, 5.41) is 13.2. The second-order valence-corrected chi connectivity index (χ2v) is 13.7. The Balaban J connectivity index is 1.48. The van der Waals surface area contributed by atoms with Crippen LogP contribution in [0.4, 0.5) is 0 Å². The van der Waals surface area contributed by atoms with Gasteiger partial charge in [-0.3, -0.25) is 0 Å². The van der Waals surface area contributed by atoms with Gasteiger partial charge in [0, 0.05) is 45.9 Å². The Bertz CT molecular complexity index is 2700. The van der Waals surface area contributed by atoms with E-state index in [4.69, 9.17) is 0 Å². The molecule has 10 rings (SSSR count). The van der Waals surface area contributed by atoms with Crippen LogP contribution in [0.15, 0.2) is 146 Å². The largest absolute Gasteiger partial charge is 0.135 e. The molecule has 0 N–H and O–H groups in total. The molecule has 0 saturated heterocycles. The predicted octanol–water partition coefficient (Wildman–Crippen LogP) is 13.2. The maximum absolute atomic E-state index is 2.47. The third-order valence-corrected chi connectivity index (χ3v) is 11.5. The van der Waals surface area contributed by atoms with Crippen molar-refractivity contribution < 1.29 is 0 Å². The van der Waals surface area contributed by atoms with Crippen molar-refractivity contribution in [2.75, 3.05) is 0 Å². The van der Waals surface area contributed by atoms with Crippen molar-refractivity contribution in [2.24, 2.45) is 0 Å². The number of thiophene rings is 2. The lowest BCUT2D eigenvalue weighted by Gasteiger charge is -2.19. The highest BCUT2D eigenvalue weighted by Crippen LogP contribution is 2.53. The van der Waals surface area contributed by atoms with Crippen molar-refractivity contribution in [1.82, 2.24) is 0 Å². The van der Waals surface area contributed by atoms with Crippen LogP contribution in [0.2, 0.25) is 0 Å². The van der Waals surface area contributed by atoms with Crippen LogP contribution in [-0.2, 0) is 0 Å². The fourth-order valence-electron chi connectivity index (χ4n) is 7.35. The van der Waals surface area contributed by atoms with Gasteiger partial charge in [0.15, 0.2) is 0 Å². The van der Waals surface area contributed by atoms with E-state index < -0.39 is 0 Å². The van der Waals surface area contributed by atoms with Crippen molar-refractivity contribution in [3.8, 4) is 22.3 Å². The highest BCUT2D eigenvalue weighted by molar-refractivity contribution is 7.28. The molecule has 0 aliphatic carbocycles. The first-order valence-corrected chi connectivity index (χ1v) is 16.7. The summed E-state index contributed by atoms with van der Waals surface area (Å²) >= 11 is 3.86. The summed E-state index contributed by atoms with van der Waals surface area (Å²) in [6.07, 6.45) is 0. The summed E-state index contributed by atoms with van der Waals surface area (Å²) in [6.45, 7) is 0. The Labute approximate surface area is 262 Å². The molecule has 0 bridgehead atoms. The average molecular weight is 593 g/mol. The van der Waals surface area contributed by atoms with Crippen LogP contribution in [0.5, 0.6) is 0 Å². The van der Waals surface area contributed by atoms with E-state index in [1.54, 1.807) is 0 Å². The van der Waals surface area contributed by atoms with Crippen LogP contribution >= 0.6 is 22.7 Å². The first-order valence-electron chi connectivity index (χ1n) is 15.0. The van der Waals surface area contributed by atoms with Gasteiger partial charge in [-0.25, -0.2) is 0 Å². The molecule has 44 heavy (non-hydrogen) atoms. The van der Waals surface area contributed by atoms with Gasteiger partial charge in [-0.15, -0.1) is 22.7 Å². The van der Waals surface area contributed by atoms with Crippen LogP contribution in [0.1, 0.15) is 0 Å². The third-order valence-electron chi connectivity index (χ3n) is 9.21. The van der Waals surface area contributed by atoms with Crippen LogP contribution in [0.3, 0.4) is 0 Å². The molecular formula is C42H24S2. The molecule has 0 unspecified atom stereocenters. The Hall–Kier alpha value is -5.02. The van der Waals surface area contributed by atoms with Gasteiger partial charge in [-0.05, 0) is 73.3 Å². The molecule has 0 atom stereocenters. The second-order valence-electron chi connectivity index (χ2n) is 11.6. The number of rotatable bonds is 2. The molecule has 0 spiro atoms. The topological polar surface area (TPSA) is 0 Å². The van der Waals surface area contributed by atoms with E-state index in [-0.39, 0.29) is 0 Å². The molecule has 2 heterocycles. The van der Waals surface area contributed by atoms with Crippen LogP contribution in [-0.4, -0.2) is 0 Å². The lowest BCUT2D eigenvalue weighted by Crippen LogP contribution is -1.91. The van der Waals surface area contributed by atoms with E-state index in [0.29, 0.717) is 0 Å². The third kappa shape index (κ3) is 3.38. The quantitative estimate of drug-likeness (QED) is 0.175. The zero-order valence-corrected chi connectivity index (χ0v) is 25.3. The standard InChI is InChI=1S/C42H24S2/c1-2-12-25(13-3-1)38-28-16-6-8-18-30(28)39(31-19-9-7-17-29(31)38)41-40-32-20-10-11-21-35(32)43-37(40)24-34-33-22-26-14-4-5-15-27(26)23-36(33)44-42(34)41/h1-24H. The zero-order valence-electron chi connectivity index (χ0n) is 23.7. The van der Waals surface area contributed by atoms with Crippen LogP contribution in [0, 0.1) is 0 Å². The van der Waals surface area contributed by atoms with E-state index in [2.05, 4.69) is 146 Å². The highest BCUT2D eigenvalue weighted by atomic mass is 32.1. The second kappa shape index (κ2) is 9.24. The van der Waals surface area contributed by atoms with Gasteiger partial charge in [-0.2, -0.15) is 0 Å². The number of hydrogen-bond donors (Lipinski definition) is 0. The van der Waals surface area contributed by atoms with Crippen molar-refractivity contribution in [3.05, 3.63) is 146 Å². The molecule has 8 aromatic carbocycles. The van der Waals surface area contributed by atoms with E-state index in [9.17, 15) is 0 Å². The molecule has 0 fully saturated rings. The molecule has 204 valence electrons. The summed E-state index contributed by atoms with van der Waals surface area (Å²) in [5.74, 6) is 0. The lowest BCUT2D eigenvalue weighted by atomic mass is 9.84. The molecule has 0 aliphatic heterocycles. The van der Waals surface area contributed by atoms with Gasteiger partial charge in [0.25, 0.3) is 0 Å². The van der Waals surface area contributed by atoms with E-state index in [0.717, 1.165) is 0 Å². The number of hydrogen-bond acceptors (Lipinski definition) is 2. The molecule has 0 amide bonds. The molecular weight excluding hydrogens is 569 g/mol. The van der Waals surface area contributed by atoms with Crippen molar-refractivity contribution in [2.45, 2.75) is 0 Å². The molecule has 0 saturated carbocycles. The van der Waals surface area contributed by atoms with Gasteiger partial charge in [0.1, 0.15) is 0 Å². The van der Waals surface area contributed by atoms with Gasteiger partial charge in [0.2, 0.25) is 0 Å². The molecule has 0 radical (unpaired) electrons. The maximum Gasteiger partial charge on any atom is 0.0441 e. The highest BCUT2D eigenvalue weighted by Gasteiger charge is 2.23. The summed E-state index contributed by atoms with van der Waals surface area (Å²) in [4.78, 5) is 0. The summed E-state index contributed by atoms with van der Waals surface area (Å²) in [6, 6.07) is 53.9. The van der Waals surface area contributed by atoms with Crippen molar-refractivity contribution >= 4 is 95.3 Å². The van der Waals surface area contributed by atoms with Gasteiger partial charge >= 0.3 is 0 Å². The molecule has 2 heteroatoms. The molecule has 10 aromatic rings. The van der Waals surface area contributed by atoms with Crippen LogP contribution in [0.25, 0.3) is 94.9 Å². The van der Waals surface area contributed by atoms with Gasteiger partial charge in [-0.1, -0.05) is 121 Å².